The Bertz CT molecular complexity index is 715. The molecule has 0 aliphatic heterocycles. The number of aromatic nitrogens is 2. The number of hydrogen-bond acceptors (Lipinski definition) is 2. The van der Waals surface area contributed by atoms with Crippen LogP contribution in [0.15, 0.2) is 60.7 Å². The van der Waals surface area contributed by atoms with E-state index in [1.54, 1.807) is 0 Å². The first kappa shape index (κ1) is 13.4. The smallest absolute Gasteiger partial charge is 0.208 e. The molecule has 1 N–H and O–H groups in total. The fraction of sp³-hybridized carbons (Fsp3) is 0.167. The van der Waals surface area contributed by atoms with Gasteiger partial charge in [0, 0.05) is 11.4 Å². The molecule has 1 heterocycles. The molecule has 0 aliphatic rings. The van der Waals surface area contributed by atoms with Gasteiger partial charge in [0.25, 0.3) is 0 Å². The number of rotatable bonds is 4. The summed E-state index contributed by atoms with van der Waals surface area (Å²) in [4.78, 5) is 4.65. The first-order valence-corrected chi connectivity index (χ1v) is 7.14. The van der Waals surface area contributed by atoms with Gasteiger partial charge in [-0.2, -0.15) is 0 Å². The molecule has 3 nitrogen and oxygen atoms in total. The van der Waals surface area contributed by atoms with Crippen LogP contribution in [-0.4, -0.2) is 9.55 Å². The summed E-state index contributed by atoms with van der Waals surface area (Å²) in [5.74, 6) is 0.889. The highest BCUT2D eigenvalue weighted by Crippen LogP contribution is 2.20. The maximum Gasteiger partial charge on any atom is 0.208 e. The lowest BCUT2D eigenvalue weighted by molar-refractivity contribution is 0.778. The fourth-order valence-corrected chi connectivity index (χ4v) is 2.36. The van der Waals surface area contributed by atoms with Crippen LogP contribution in [0.1, 0.15) is 17.0 Å². The standard InChI is InChI=1S/C18H19N3/c1-14-15(2)21(13-16-9-5-3-6-10-16)18(19-14)20-17-11-7-4-8-12-17/h3-12H,13H2,1-2H3,(H,19,20). The molecule has 21 heavy (non-hydrogen) atoms. The molecule has 0 fully saturated rings. The first-order chi connectivity index (χ1) is 10.2. The Labute approximate surface area is 125 Å². The zero-order valence-electron chi connectivity index (χ0n) is 12.4. The molecule has 0 radical (unpaired) electrons. The van der Waals surface area contributed by atoms with E-state index >= 15 is 0 Å². The number of benzene rings is 2. The summed E-state index contributed by atoms with van der Waals surface area (Å²) in [5, 5.41) is 3.41. The predicted octanol–water partition coefficient (Wildman–Crippen LogP) is 4.29. The maximum absolute atomic E-state index is 4.65. The van der Waals surface area contributed by atoms with Gasteiger partial charge in [0.1, 0.15) is 0 Å². The number of hydrogen-bond donors (Lipinski definition) is 1. The van der Waals surface area contributed by atoms with Gasteiger partial charge in [-0.05, 0) is 31.5 Å². The molecule has 3 rings (SSSR count). The third-order valence-corrected chi connectivity index (χ3v) is 3.67. The van der Waals surface area contributed by atoms with Crippen LogP contribution in [0.3, 0.4) is 0 Å². The monoisotopic (exact) mass is 277 g/mol. The van der Waals surface area contributed by atoms with Gasteiger partial charge in [0.05, 0.1) is 12.2 Å². The molecule has 106 valence electrons. The van der Waals surface area contributed by atoms with E-state index in [9.17, 15) is 0 Å². The van der Waals surface area contributed by atoms with Gasteiger partial charge in [-0.3, -0.25) is 0 Å². The van der Waals surface area contributed by atoms with Crippen molar-refractivity contribution >= 4 is 11.6 Å². The Morgan fingerprint density at radius 3 is 2.19 bits per heavy atom. The Balaban J connectivity index is 1.92. The van der Waals surface area contributed by atoms with Crippen LogP contribution in [0.25, 0.3) is 0 Å². The van der Waals surface area contributed by atoms with Crippen LogP contribution >= 0.6 is 0 Å². The van der Waals surface area contributed by atoms with Crippen molar-refractivity contribution in [2.24, 2.45) is 0 Å². The number of anilines is 2. The Morgan fingerprint density at radius 1 is 0.905 bits per heavy atom. The van der Waals surface area contributed by atoms with Crippen LogP contribution in [0.5, 0.6) is 0 Å². The Hall–Kier alpha value is -2.55. The molecule has 0 unspecified atom stereocenters. The van der Waals surface area contributed by atoms with Gasteiger partial charge in [-0.1, -0.05) is 48.5 Å². The van der Waals surface area contributed by atoms with E-state index in [2.05, 4.69) is 46.1 Å². The lowest BCUT2D eigenvalue weighted by atomic mass is 10.2. The van der Waals surface area contributed by atoms with Gasteiger partial charge in [-0.25, -0.2) is 4.98 Å². The van der Waals surface area contributed by atoms with Gasteiger partial charge < -0.3 is 9.88 Å². The van der Waals surface area contributed by atoms with Crippen molar-refractivity contribution < 1.29 is 0 Å². The minimum absolute atomic E-state index is 0.822. The molecule has 0 amide bonds. The van der Waals surface area contributed by atoms with Crippen molar-refractivity contribution in [1.82, 2.24) is 9.55 Å². The Morgan fingerprint density at radius 2 is 1.52 bits per heavy atom. The SMILES string of the molecule is Cc1nc(Nc2ccccc2)n(Cc2ccccc2)c1C. The molecule has 0 aliphatic carbocycles. The van der Waals surface area contributed by atoms with Crippen molar-refractivity contribution in [2.45, 2.75) is 20.4 Å². The molecule has 3 heteroatoms. The summed E-state index contributed by atoms with van der Waals surface area (Å²) in [6.07, 6.45) is 0. The van der Waals surface area contributed by atoms with E-state index < -0.39 is 0 Å². The van der Waals surface area contributed by atoms with Crippen LogP contribution in [0.4, 0.5) is 11.6 Å². The average molecular weight is 277 g/mol. The van der Waals surface area contributed by atoms with Gasteiger partial charge >= 0.3 is 0 Å². The molecule has 0 saturated carbocycles. The summed E-state index contributed by atoms with van der Waals surface area (Å²) in [6.45, 7) is 4.98. The normalized spacial score (nSPS) is 10.6. The second kappa shape index (κ2) is 5.83. The molecule has 1 aromatic heterocycles. The molecule has 3 aromatic rings. The zero-order valence-corrected chi connectivity index (χ0v) is 12.4. The number of nitrogens with zero attached hydrogens (tertiary/aromatic N) is 2. The molecular formula is C18H19N3. The molecular weight excluding hydrogens is 258 g/mol. The van der Waals surface area contributed by atoms with Crippen molar-refractivity contribution in [3.63, 3.8) is 0 Å². The van der Waals surface area contributed by atoms with Crippen LogP contribution in [0, 0.1) is 13.8 Å². The number of aryl methyl sites for hydroxylation is 1. The van der Waals surface area contributed by atoms with E-state index in [1.807, 2.05) is 43.3 Å². The van der Waals surface area contributed by atoms with Crippen molar-refractivity contribution in [1.29, 1.82) is 0 Å². The van der Waals surface area contributed by atoms with Gasteiger partial charge in [0.15, 0.2) is 0 Å². The second-order valence-electron chi connectivity index (χ2n) is 5.17. The van der Waals surface area contributed by atoms with Crippen molar-refractivity contribution in [3.8, 4) is 0 Å². The van der Waals surface area contributed by atoms with E-state index in [1.165, 1.54) is 11.3 Å². The number of para-hydroxylation sites is 1. The van der Waals surface area contributed by atoms with E-state index in [-0.39, 0.29) is 0 Å². The lowest BCUT2D eigenvalue weighted by Crippen LogP contribution is -2.06. The minimum Gasteiger partial charge on any atom is -0.326 e. The van der Waals surface area contributed by atoms with Gasteiger partial charge in [-0.15, -0.1) is 0 Å². The molecule has 0 spiro atoms. The highest BCUT2D eigenvalue weighted by Gasteiger charge is 2.11. The number of imidazole rings is 1. The fourth-order valence-electron chi connectivity index (χ4n) is 2.36. The largest absolute Gasteiger partial charge is 0.326 e. The molecule has 0 atom stereocenters. The van der Waals surface area contributed by atoms with Crippen LogP contribution in [-0.2, 0) is 6.54 Å². The lowest BCUT2D eigenvalue weighted by Gasteiger charge is -2.12. The topological polar surface area (TPSA) is 29.9 Å². The minimum atomic E-state index is 0.822. The average Bonchev–Trinajstić information content (AvgIpc) is 2.77. The van der Waals surface area contributed by atoms with E-state index in [0.29, 0.717) is 0 Å². The van der Waals surface area contributed by atoms with Crippen LogP contribution in [0.2, 0.25) is 0 Å². The van der Waals surface area contributed by atoms with Crippen molar-refractivity contribution in [3.05, 3.63) is 77.6 Å². The summed E-state index contributed by atoms with van der Waals surface area (Å²) in [5.41, 5.74) is 4.58. The highest BCUT2D eigenvalue weighted by molar-refractivity contribution is 5.54. The maximum atomic E-state index is 4.65. The Kier molecular flexibility index (Phi) is 3.73. The third kappa shape index (κ3) is 2.97. The summed E-state index contributed by atoms with van der Waals surface area (Å²) in [6, 6.07) is 20.6. The third-order valence-electron chi connectivity index (χ3n) is 3.67. The van der Waals surface area contributed by atoms with Crippen molar-refractivity contribution in [2.75, 3.05) is 5.32 Å². The quantitative estimate of drug-likeness (QED) is 0.771. The molecule has 2 aromatic carbocycles. The second-order valence-corrected chi connectivity index (χ2v) is 5.17. The summed E-state index contributed by atoms with van der Waals surface area (Å²) < 4.78 is 2.22. The highest BCUT2D eigenvalue weighted by atomic mass is 15.2. The zero-order chi connectivity index (χ0) is 14.7. The summed E-state index contributed by atoms with van der Waals surface area (Å²) in [7, 11) is 0. The first-order valence-electron chi connectivity index (χ1n) is 7.14. The van der Waals surface area contributed by atoms with E-state index in [4.69, 9.17) is 0 Å². The predicted molar refractivity (Wildman–Crippen MR) is 87.0 cm³/mol. The summed E-state index contributed by atoms with van der Waals surface area (Å²) >= 11 is 0. The molecule has 0 saturated heterocycles. The van der Waals surface area contributed by atoms with E-state index in [0.717, 1.165) is 23.9 Å². The van der Waals surface area contributed by atoms with Crippen LogP contribution < -0.4 is 5.32 Å². The molecule has 0 bridgehead atoms. The number of nitrogens with one attached hydrogen (secondary N) is 1. The van der Waals surface area contributed by atoms with Gasteiger partial charge in [0.2, 0.25) is 5.95 Å².